The van der Waals surface area contributed by atoms with Gasteiger partial charge in [0.2, 0.25) is 0 Å². The minimum Gasteiger partial charge on any atom is -0.509 e. The Labute approximate surface area is 98.9 Å². The molecule has 0 aliphatic heterocycles. The summed E-state index contributed by atoms with van der Waals surface area (Å²) in [6, 6.07) is 0. The van der Waals surface area contributed by atoms with Gasteiger partial charge in [0.25, 0.3) is 0 Å². The Hall–Kier alpha value is -1.24. The molecule has 1 aliphatic rings. The van der Waals surface area contributed by atoms with Gasteiger partial charge in [0, 0.05) is 5.41 Å². The molecular formula is C15H22O. The van der Waals surface area contributed by atoms with Crippen LogP contribution >= 0.6 is 0 Å². The van der Waals surface area contributed by atoms with Crippen molar-refractivity contribution >= 4 is 0 Å². The molecule has 0 spiro atoms. The third-order valence-electron chi connectivity index (χ3n) is 3.63. The molecule has 1 atom stereocenters. The summed E-state index contributed by atoms with van der Waals surface area (Å²) in [4.78, 5) is 0. The van der Waals surface area contributed by atoms with Crippen LogP contribution in [0.15, 0.2) is 47.8 Å². The van der Waals surface area contributed by atoms with Crippen LogP contribution in [0.4, 0.5) is 0 Å². The van der Waals surface area contributed by atoms with Crippen molar-refractivity contribution in [3.8, 4) is 0 Å². The van der Waals surface area contributed by atoms with Crippen LogP contribution < -0.4 is 0 Å². The van der Waals surface area contributed by atoms with Crippen LogP contribution in [0.5, 0.6) is 0 Å². The van der Waals surface area contributed by atoms with Gasteiger partial charge in [0.05, 0.1) is 0 Å². The van der Waals surface area contributed by atoms with E-state index in [1.165, 1.54) is 5.57 Å². The zero-order valence-corrected chi connectivity index (χ0v) is 11.0. The fourth-order valence-electron chi connectivity index (χ4n) is 2.06. The van der Waals surface area contributed by atoms with Crippen molar-refractivity contribution in [2.24, 2.45) is 10.8 Å². The lowest BCUT2D eigenvalue weighted by Gasteiger charge is -2.43. The van der Waals surface area contributed by atoms with E-state index in [1.807, 2.05) is 0 Å². The van der Waals surface area contributed by atoms with Crippen LogP contribution in [0.2, 0.25) is 0 Å². The van der Waals surface area contributed by atoms with E-state index in [1.54, 1.807) is 6.08 Å². The lowest BCUT2D eigenvalue weighted by atomic mass is 9.60. The van der Waals surface area contributed by atoms with Gasteiger partial charge in [-0.2, -0.15) is 0 Å². The number of aliphatic hydroxyl groups excluding tert-OH is 1. The Morgan fingerprint density at radius 3 is 2.44 bits per heavy atom. The molecule has 0 radical (unpaired) electrons. The average Bonchev–Trinajstić information content (AvgIpc) is 2.09. The highest BCUT2D eigenvalue weighted by Crippen LogP contribution is 2.49. The molecule has 1 aliphatic carbocycles. The third-order valence-corrected chi connectivity index (χ3v) is 3.63. The van der Waals surface area contributed by atoms with Crippen LogP contribution in [0, 0.1) is 10.8 Å². The van der Waals surface area contributed by atoms with Crippen molar-refractivity contribution in [2.45, 2.75) is 34.6 Å². The third kappa shape index (κ3) is 2.13. The van der Waals surface area contributed by atoms with Gasteiger partial charge in [-0.1, -0.05) is 52.5 Å². The predicted molar refractivity (Wildman–Crippen MR) is 70.3 cm³/mol. The van der Waals surface area contributed by atoms with Crippen LogP contribution in [-0.4, -0.2) is 5.11 Å². The monoisotopic (exact) mass is 218 g/mol. The van der Waals surface area contributed by atoms with Crippen LogP contribution in [0.3, 0.4) is 0 Å². The van der Waals surface area contributed by atoms with Crippen LogP contribution in [-0.2, 0) is 0 Å². The van der Waals surface area contributed by atoms with E-state index in [2.05, 4.69) is 59.4 Å². The SMILES string of the molecule is C=C(O)/C=C1/C(C)=CC=CC1(C)C(C)(C)C. The first-order valence-electron chi connectivity index (χ1n) is 5.65. The Kier molecular flexibility index (Phi) is 3.18. The average molecular weight is 218 g/mol. The smallest absolute Gasteiger partial charge is 0.108 e. The Bertz CT molecular complexity index is 388. The second-order valence-electron chi connectivity index (χ2n) is 5.71. The summed E-state index contributed by atoms with van der Waals surface area (Å²) in [5.41, 5.74) is 2.36. The zero-order chi connectivity index (χ0) is 12.6. The molecule has 88 valence electrons. The minimum atomic E-state index is -0.0719. The highest BCUT2D eigenvalue weighted by atomic mass is 16.3. The van der Waals surface area contributed by atoms with Crippen LogP contribution in [0.1, 0.15) is 34.6 Å². The Morgan fingerprint density at radius 1 is 1.44 bits per heavy atom. The number of aliphatic hydroxyl groups is 1. The van der Waals surface area contributed by atoms with Crippen molar-refractivity contribution in [1.82, 2.24) is 0 Å². The van der Waals surface area contributed by atoms with E-state index < -0.39 is 0 Å². The van der Waals surface area contributed by atoms with E-state index in [-0.39, 0.29) is 16.6 Å². The fraction of sp³-hybridized carbons (Fsp3) is 0.467. The van der Waals surface area contributed by atoms with Gasteiger partial charge in [0.15, 0.2) is 0 Å². The second-order valence-corrected chi connectivity index (χ2v) is 5.71. The summed E-state index contributed by atoms with van der Waals surface area (Å²) in [5, 5.41) is 9.40. The molecule has 0 bridgehead atoms. The highest BCUT2D eigenvalue weighted by Gasteiger charge is 2.39. The van der Waals surface area contributed by atoms with Gasteiger partial charge in [0.1, 0.15) is 5.76 Å². The van der Waals surface area contributed by atoms with Crippen molar-refractivity contribution in [3.63, 3.8) is 0 Å². The standard InChI is InChI=1S/C15H22O/c1-11-8-7-9-15(6,14(3,4)5)13(11)10-12(2)16/h7-10,16H,2H2,1,3-6H3/b13-10-. The quantitative estimate of drug-likeness (QED) is 0.640. The molecule has 0 amide bonds. The Morgan fingerprint density at radius 2 is 2.00 bits per heavy atom. The van der Waals surface area contributed by atoms with Crippen molar-refractivity contribution in [2.75, 3.05) is 0 Å². The maximum absolute atomic E-state index is 9.40. The molecule has 1 heteroatoms. The summed E-state index contributed by atoms with van der Waals surface area (Å²) >= 11 is 0. The lowest BCUT2D eigenvalue weighted by molar-refractivity contribution is 0.213. The van der Waals surface area contributed by atoms with E-state index >= 15 is 0 Å². The normalized spacial score (nSPS) is 28.1. The molecule has 0 aromatic heterocycles. The van der Waals surface area contributed by atoms with Gasteiger partial charge >= 0.3 is 0 Å². The molecule has 0 heterocycles. The molecule has 1 nitrogen and oxygen atoms in total. The van der Waals surface area contributed by atoms with Gasteiger partial charge in [-0.15, -0.1) is 0 Å². The first-order valence-corrected chi connectivity index (χ1v) is 5.65. The summed E-state index contributed by atoms with van der Waals surface area (Å²) in [5.74, 6) is 0.119. The molecule has 1 unspecified atom stereocenters. The first-order chi connectivity index (χ1) is 7.18. The highest BCUT2D eigenvalue weighted by molar-refractivity contribution is 5.47. The predicted octanol–water partition coefficient (Wildman–Crippen LogP) is 4.55. The van der Waals surface area contributed by atoms with E-state index in [0.29, 0.717) is 0 Å². The van der Waals surface area contributed by atoms with E-state index in [0.717, 1.165) is 5.57 Å². The maximum atomic E-state index is 9.40. The molecule has 1 N–H and O–H groups in total. The second kappa shape index (κ2) is 3.97. The lowest BCUT2D eigenvalue weighted by Crippen LogP contribution is -2.34. The van der Waals surface area contributed by atoms with E-state index in [4.69, 9.17) is 0 Å². The molecule has 0 saturated heterocycles. The van der Waals surface area contributed by atoms with Gasteiger partial charge in [-0.05, 0) is 29.6 Å². The zero-order valence-electron chi connectivity index (χ0n) is 11.0. The van der Waals surface area contributed by atoms with E-state index in [9.17, 15) is 5.11 Å². The molecule has 1 rings (SSSR count). The summed E-state index contributed by atoms with van der Waals surface area (Å²) in [6.07, 6.45) is 8.15. The molecular weight excluding hydrogens is 196 g/mol. The van der Waals surface area contributed by atoms with Gasteiger partial charge < -0.3 is 5.11 Å². The number of rotatable bonds is 1. The summed E-state index contributed by atoms with van der Waals surface area (Å²) < 4.78 is 0. The largest absolute Gasteiger partial charge is 0.509 e. The first kappa shape index (κ1) is 12.8. The molecule has 16 heavy (non-hydrogen) atoms. The molecule has 0 fully saturated rings. The number of hydrogen-bond donors (Lipinski definition) is 1. The molecule has 0 aromatic carbocycles. The summed E-state index contributed by atoms with van der Waals surface area (Å²) in [7, 11) is 0. The number of hydrogen-bond acceptors (Lipinski definition) is 1. The Balaban J connectivity index is 3.35. The fourth-order valence-corrected chi connectivity index (χ4v) is 2.06. The van der Waals surface area contributed by atoms with Crippen molar-refractivity contribution < 1.29 is 5.11 Å². The maximum Gasteiger partial charge on any atom is 0.108 e. The minimum absolute atomic E-state index is 0.0719. The molecule has 0 aromatic rings. The van der Waals surface area contributed by atoms with Crippen molar-refractivity contribution in [1.29, 1.82) is 0 Å². The van der Waals surface area contributed by atoms with Gasteiger partial charge in [-0.25, -0.2) is 0 Å². The molecule has 0 saturated carbocycles. The number of allylic oxidation sites excluding steroid dienone is 6. The van der Waals surface area contributed by atoms with Crippen molar-refractivity contribution in [3.05, 3.63) is 47.8 Å². The topological polar surface area (TPSA) is 20.2 Å². The summed E-state index contributed by atoms with van der Waals surface area (Å²) in [6.45, 7) is 14.5. The van der Waals surface area contributed by atoms with Gasteiger partial charge in [-0.3, -0.25) is 0 Å². The van der Waals surface area contributed by atoms with Crippen LogP contribution in [0.25, 0.3) is 0 Å².